The van der Waals surface area contributed by atoms with Gasteiger partial charge in [-0.15, -0.1) is 0 Å². The molecule has 8 rings (SSSR count). The van der Waals surface area contributed by atoms with Gasteiger partial charge in [0.1, 0.15) is 0 Å². The van der Waals surface area contributed by atoms with E-state index in [0.717, 1.165) is 5.46 Å². The number of rotatable bonds is 17. The monoisotopic (exact) mass is 801 g/mol. The van der Waals surface area contributed by atoms with E-state index >= 15 is 0 Å². The fourth-order valence-corrected chi connectivity index (χ4v) is 10.6. The molecule has 60 heavy (non-hydrogen) atoms. The molecule has 0 amide bonds. The van der Waals surface area contributed by atoms with E-state index in [1.165, 1.54) is 146 Å². The third-order valence-corrected chi connectivity index (χ3v) is 15.0. The number of benzene rings is 5. The summed E-state index contributed by atoms with van der Waals surface area (Å²) in [5.41, 5.74) is 17.1. The van der Waals surface area contributed by atoms with Crippen LogP contribution in [-0.4, -0.2) is 18.3 Å². The van der Waals surface area contributed by atoms with Gasteiger partial charge in [-0.2, -0.15) is 0 Å². The molecule has 0 atom stereocenters. The predicted molar refractivity (Wildman–Crippen MR) is 260 cm³/mol. The number of unbranched alkanes of at least 4 members (excludes halogenated alkanes) is 10. The Morgan fingerprint density at radius 2 is 0.817 bits per heavy atom. The molecule has 2 aliphatic carbocycles. The summed E-state index contributed by atoms with van der Waals surface area (Å²) < 4.78 is 12.7. The van der Waals surface area contributed by atoms with Crippen molar-refractivity contribution >= 4 is 12.6 Å². The van der Waals surface area contributed by atoms with Crippen LogP contribution in [0.5, 0.6) is 0 Å². The largest absolute Gasteiger partial charge is 0.494 e. The first-order valence-electron chi connectivity index (χ1n) is 23.4. The van der Waals surface area contributed by atoms with Gasteiger partial charge in [-0.3, -0.25) is 0 Å². The first-order chi connectivity index (χ1) is 28.4. The minimum Gasteiger partial charge on any atom is -0.399 e. The molecule has 1 fully saturated rings. The van der Waals surface area contributed by atoms with Crippen LogP contribution >= 0.6 is 0 Å². The Bertz CT molecular complexity index is 2230. The average molecular weight is 801 g/mol. The van der Waals surface area contributed by atoms with E-state index in [9.17, 15) is 0 Å². The molecule has 1 saturated heterocycles. The first-order valence-corrected chi connectivity index (χ1v) is 23.4. The second-order valence-corrected chi connectivity index (χ2v) is 19.8. The van der Waals surface area contributed by atoms with E-state index in [0.29, 0.717) is 0 Å². The maximum absolute atomic E-state index is 6.35. The molecule has 0 spiro atoms. The van der Waals surface area contributed by atoms with Gasteiger partial charge in [0.15, 0.2) is 0 Å². The molecule has 0 aromatic heterocycles. The zero-order valence-corrected chi connectivity index (χ0v) is 37.6. The van der Waals surface area contributed by atoms with Gasteiger partial charge in [0.05, 0.1) is 11.2 Å². The quantitative estimate of drug-likeness (QED) is 0.0689. The fraction of sp³-hybridized carbons (Fsp3) is 0.474. The Labute approximate surface area is 365 Å². The van der Waals surface area contributed by atoms with Gasteiger partial charge in [-0.25, -0.2) is 0 Å². The normalized spacial score (nSPS) is 17.2. The van der Waals surface area contributed by atoms with Crippen LogP contribution in [0.4, 0.5) is 0 Å². The smallest absolute Gasteiger partial charge is 0.399 e. The molecule has 3 heteroatoms. The van der Waals surface area contributed by atoms with E-state index < -0.39 is 0 Å². The number of hydrogen-bond donors (Lipinski definition) is 0. The fourth-order valence-electron chi connectivity index (χ4n) is 10.6. The van der Waals surface area contributed by atoms with E-state index in [1.54, 1.807) is 11.1 Å². The second-order valence-electron chi connectivity index (χ2n) is 19.8. The molecule has 2 nitrogen and oxygen atoms in total. The summed E-state index contributed by atoms with van der Waals surface area (Å²) in [7, 11) is -0.352. The number of hydrogen-bond acceptors (Lipinski definition) is 2. The molecule has 0 bridgehead atoms. The highest BCUT2D eigenvalue weighted by Gasteiger charge is 2.51. The standard InChI is InChI=1S/C56H69BO2.CH4/c1-9-11-13-15-17-21-35-56(36-22-18-16-14-12-10-2)49-24-20-19-23-45(49)48-34-29-43(39-52(48)56)42-28-33-47-46-32-27-41(37-50(46)53(3,4)51(47)38-42)40-25-30-44(31-26-40)57-58-54(5,6)55(7,8)59-57;/h19-20,23-34,37-39H,9-18,21-22,35-36H2,1-8H3;1H4. The average Bonchev–Trinajstić information content (AvgIpc) is 3.74. The zero-order valence-electron chi connectivity index (χ0n) is 37.6. The van der Waals surface area contributed by atoms with Crippen molar-refractivity contribution in [3.8, 4) is 44.5 Å². The van der Waals surface area contributed by atoms with Gasteiger partial charge in [0.25, 0.3) is 0 Å². The van der Waals surface area contributed by atoms with Gasteiger partial charge in [0.2, 0.25) is 0 Å². The summed E-state index contributed by atoms with van der Waals surface area (Å²) >= 11 is 0. The second kappa shape index (κ2) is 17.8. The number of fused-ring (bicyclic) bond motifs is 6. The van der Waals surface area contributed by atoms with Crippen LogP contribution in [0.1, 0.15) is 175 Å². The van der Waals surface area contributed by atoms with E-state index in [-0.39, 0.29) is 36.6 Å². The van der Waals surface area contributed by atoms with Crippen molar-refractivity contribution in [3.63, 3.8) is 0 Å². The molecule has 0 saturated carbocycles. The van der Waals surface area contributed by atoms with Crippen LogP contribution in [0.3, 0.4) is 0 Å². The third-order valence-electron chi connectivity index (χ3n) is 15.0. The first kappa shape index (κ1) is 44.2. The molecule has 1 heterocycles. The summed E-state index contributed by atoms with van der Waals surface area (Å²) in [5, 5.41) is 0. The Morgan fingerprint density at radius 3 is 1.33 bits per heavy atom. The maximum Gasteiger partial charge on any atom is 0.494 e. The molecular weight excluding hydrogens is 727 g/mol. The Balaban J connectivity index is 0.00000544. The lowest BCUT2D eigenvalue weighted by molar-refractivity contribution is 0.00578. The SMILES string of the molecule is C.CCCCCCCCC1(CCCCCCCC)c2ccccc2-c2ccc(-c3ccc4c(c3)C(C)(C)c3cc(-c5ccc(B6OC(C)(C)C(C)(C)O6)cc5)ccc3-4)cc21. The van der Waals surface area contributed by atoms with Crippen molar-refractivity contribution in [2.75, 3.05) is 0 Å². The summed E-state index contributed by atoms with van der Waals surface area (Å²) in [6.45, 7) is 17.9. The van der Waals surface area contributed by atoms with Crippen LogP contribution in [0.25, 0.3) is 44.5 Å². The molecule has 1 aliphatic heterocycles. The molecule has 0 N–H and O–H groups in total. The van der Waals surface area contributed by atoms with Crippen molar-refractivity contribution in [1.29, 1.82) is 0 Å². The Hall–Kier alpha value is -3.92. The zero-order chi connectivity index (χ0) is 41.4. The lowest BCUT2D eigenvalue weighted by Gasteiger charge is -2.33. The highest BCUT2D eigenvalue weighted by molar-refractivity contribution is 6.62. The Morgan fingerprint density at radius 1 is 0.417 bits per heavy atom. The van der Waals surface area contributed by atoms with Crippen LogP contribution in [0, 0.1) is 0 Å². The minimum absolute atomic E-state index is 0. The molecule has 3 aliphatic rings. The summed E-state index contributed by atoms with van der Waals surface area (Å²) in [6.07, 6.45) is 18.6. The molecule has 316 valence electrons. The Kier molecular flexibility index (Phi) is 13.1. The molecule has 5 aromatic rings. The third kappa shape index (κ3) is 8.11. The van der Waals surface area contributed by atoms with E-state index in [4.69, 9.17) is 9.31 Å². The van der Waals surface area contributed by atoms with Crippen molar-refractivity contribution in [1.82, 2.24) is 0 Å². The summed E-state index contributed by atoms with van der Waals surface area (Å²) in [4.78, 5) is 0. The van der Waals surface area contributed by atoms with Gasteiger partial charge >= 0.3 is 7.12 Å². The van der Waals surface area contributed by atoms with Crippen molar-refractivity contribution < 1.29 is 9.31 Å². The van der Waals surface area contributed by atoms with Crippen LogP contribution in [0.15, 0.2) is 103 Å². The van der Waals surface area contributed by atoms with Gasteiger partial charge in [0, 0.05) is 10.8 Å². The van der Waals surface area contributed by atoms with Gasteiger partial charge < -0.3 is 9.31 Å². The van der Waals surface area contributed by atoms with Crippen molar-refractivity contribution in [2.45, 2.75) is 175 Å². The maximum atomic E-state index is 6.35. The lowest BCUT2D eigenvalue weighted by Crippen LogP contribution is -2.41. The molecular formula is C57H73BO2. The minimum atomic E-state index is -0.353. The lowest BCUT2D eigenvalue weighted by atomic mass is 9.70. The highest BCUT2D eigenvalue weighted by atomic mass is 16.7. The highest BCUT2D eigenvalue weighted by Crippen LogP contribution is 2.56. The van der Waals surface area contributed by atoms with Gasteiger partial charge in [-0.05, 0) is 131 Å². The topological polar surface area (TPSA) is 18.5 Å². The van der Waals surface area contributed by atoms with E-state index in [2.05, 4.69) is 159 Å². The van der Waals surface area contributed by atoms with Crippen molar-refractivity contribution in [2.24, 2.45) is 0 Å². The van der Waals surface area contributed by atoms with Crippen LogP contribution in [-0.2, 0) is 20.1 Å². The van der Waals surface area contributed by atoms with Crippen LogP contribution < -0.4 is 5.46 Å². The van der Waals surface area contributed by atoms with E-state index in [1.807, 2.05) is 0 Å². The summed E-state index contributed by atoms with van der Waals surface area (Å²) in [6, 6.07) is 40.1. The molecule has 0 radical (unpaired) electrons. The van der Waals surface area contributed by atoms with Crippen LogP contribution in [0.2, 0.25) is 0 Å². The molecule has 0 unspecified atom stereocenters. The molecule has 5 aromatic carbocycles. The summed E-state index contributed by atoms with van der Waals surface area (Å²) in [5.74, 6) is 0. The van der Waals surface area contributed by atoms with Gasteiger partial charge in [-0.1, -0.05) is 197 Å². The predicted octanol–water partition coefficient (Wildman–Crippen LogP) is 16.0. The van der Waals surface area contributed by atoms with Crippen molar-refractivity contribution in [3.05, 3.63) is 125 Å².